The summed E-state index contributed by atoms with van der Waals surface area (Å²) in [5, 5.41) is 9.40. The molecule has 0 spiro atoms. The van der Waals surface area contributed by atoms with Gasteiger partial charge in [0.1, 0.15) is 6.07 Å². The minimum atomic E-state index is -3.56. The summed E-state index contributed by atoms with van der Waals surface area (Å²) in [5.74, 6) is 0. The van der Waals surface area contributed by atoms with Crippen molar-refractivity contribution in [3.05, 3.63) is 29.8 Å². The lowest BCUT2D eigenvalue weighted by atomic mass is 10.2. The predicted molar refractivity (Wildman–Crippen MR) is 64.8 cm³/mol. The van der Waals surface area contributed by atoms with E-state index in [-0.39, 0.29) is 10.5 Å². The van der Waals surface area contributed by atoms with Crippen molar-refractivity contribution in [1.82, 2.24) is 4.31 Å². The van der Waals surface area contributed by atoms with E-state index in [4.69, 9.17) is 5.26 Å². The third-order valence-corrected chi connectivity index (χ3v) is 4.36. The molecule has 0 saturated carbocycles. The average molecular weight is 303 g/mol. The van der Waals surface area contributed by atoms with Crippen LogP contribution in [0, 0.1) is 11.3 Å². The molecule has 6 heteroatoms. The van der Waals surface area contributed by atoms with Gasteiger partial charge in [0.25, 0.3) is 0 Å². The zero-order chi connectivity index (χ0) is 12.2. The van der Waals surface area contributed by atoms with Crippen LogP contribution in [0.2, 0.25) is 0 Å². The minimum absolute atomic E-state index is 0.0564. The second kappa shape index (κ2) is 5.43. The van der Waals surface area contributed by atoms with Gasteiger partial charge in [0, 0.05) is 18.9 Å². The van der Waals surface area contributed by atoms with Crippen molar-refractivity contribution >= 4 is 26.0 Å². The fourth-order valence-corrected chi connectivity index (χ4v) is 3.27. The van der Waals surface area contributed by atoms with E-state index in [1.165, 1.54) is 23.5 Å². The summed E-state index contributed by atoms with van der Waals surface area (Å²) in [4.78, 5) is 0.0564. The van der Waals surface area contributed by atoms with Crippen molar-refractivity contribution in [2.45, 2.75) is 4.90 Å². The van der Waals surface area contributed by atoms with E-state index in [2.05, 4.69) is 15.9 Å². The first kappa shape index (κ1) is 13.2. The summed E-state index contributed by atoms with van der Waals surface area (Å²) in [7, 11) is -2.07. The van der Waals surface area contributed by atoms with Gasteiger partial charge in [0.15, 0.2) is 0 Å². The molecule has 1 aromatic rings. The second-order valence-corrected chi connectivity index (χ2v) is 5.93. The lowest BCUT2D eigenvalue weighted by Gasteiger charge is -2.16. The van der Waals surface area contributed by atoms with E-state index >= 15 is 0 Å². The van der Waals surface area contributed by atoms with E-state index in [1.807, 2.05) is 6.07 Å². The van der Waals surface area contributed by atoms with E-state index < -0.39 is 10.0 Å². The molecule has 0 saturated heterocycles. The van der Waals surface area contributed by atoms with Gasteiger partial charge >= 0.3 is 0 Å². The Morgan fingerprint density at radius 3 is 2.62 bits per heavy atom. The number of benzene rings is 1. The average Bonchev–Trinajstić information content (AvgIpc) is 2.29. The molecule has 1 rings (SSSR count). The number of nitriles is 1. The normalized spacial score (nSPS) is 11.4. The van der Waals surface area contributed by atoms with Crippen molar-refractivity contribution in [2.24, 2.45) is 0 Å². The number of nitrogens with zero attached hydrogens (tertiary/aromatic N) is 2. The van der Waals surface area contributed by atoms with Gasteiger partial charge in [-0.3, -0.25) is 0 Å². The smallest absolute Gasteiger partial charge is 0.207 e. The summed E-state index contributed by atoms with van der Waals surface area (Å²) < 4.78 is 25.3. The van der Waals surface area contributed by atoms with Gasteiger partial charge in [-0.1, -0.05) is 28.1 Å². The molecule has 0 aliphatic heterocycles. The summed E-state index contributed by atoms with van der Waals surface area (Å²) in [5.41, 5.74) is 0.170. The molecule has 0 heterocycles. The molecule has 0 radical (unpaired) electrons. The van der Waals surface area contributed by atoms with Gasteiger partial charge < -0.3 is 0 Å². The highest BCUT2D eigenvalue weighted by atomic mass is 79.9. The Bertz CT molecular complexity index is 508. The SMILES string of the molecule is CN(CCBr)S(=O)(=O)c1ccccc1C#N. The van der Waals surface area contributed by atoms with Gasteiger partial charge in [0.2, 0.25) is 10.0 Å². The Hall–Kier alpha value is -0.900. The number of rotatable bonds is 4. The monoisotopic (exact) mass is 302 g/mol. The molecule has 0 fully saturated rings. The van der Waals surface area contributed by atoms with Crippen LogP contribution in [-0.4, -0.2) is 31.6 Å². The molecule has 0 bridgehead atoms. The number of hydrogen-bond acceptors (Lipinski definition) is 3. The number of sulfonamides is 1. The van der Waals surface area contributed by atoms with E-state index in [0.717, 1.165) is 0 Å². The van der Waals surface area contributed by atoms with Crippen LogP contribution in [0.1, 0.15) is 5.56 Å². The van der Waals surface area contributed by atoms with Gasteiger partial charge in [-0.15, -0.1) is 0 Å². The Morgan fingerprint density at radius 2 is 2.06 bits per heavy atom. The molecular weight excluding hydrogens is 292 g/mol. The molecule has 0 atom stereocenters. The first-order valence-electron chi connectivity index (χ1n) is 4.55. The lowest BCUT2D eigenvalue weighted by Crippen LogP contribution is -2.29. The van der Waals surface area contributed by atoms with Gasteiger partial charge in [-0.2, -0.15) is 5.26 Å². The molecule has 0 unspecified atom stereocenters. The zero-order valence-corrected chi connectivity index (χ0v) is 11.1. The van der Waals surface area contributed by atoms with Crippen molar-refractivity contribution in [2.75, 3.05) is 18.9 Å². The van der Waals surface area contributed by atoms with Crippen LogP contribution >= 0.6 is 15.9 Å². The first-order valence-corrected chi connectivity index (χ1v) is 7.11. The maximum Gasteiger partial charge on any atom is 0.244 e. The molecule has 16 heavy (non-hydrogen) atoms. The fraction of sp³-hybridized carbons (Fsp3) is 0.300. The second-order valence-electron chi connectivity index (χ2n) is 3.12. The van der Waals surface area contributed by atoms with Gasteiger partial charge in [-0.05, 0) is 12.1 Å². The van der Waals surface area contributed by atoms with E-state index in [0.29, 0.717) is 11.9 Å². The van der Waals surface area contributed by atoms with Crippen LogP contribution in [-0.2, 0) is 10.0 Å². The zero-order valence-electron chi connectivity index (χ0n) is 8.72. The molecular formula is C10H11BrN2O2S. The quantitative estimate of drug-likeness (QED) is 0.793. The largest absolute Gasteiger partial charge is 0.244 e. The minimum Gasteiger partial charge on any atom is -0.207 e. The van der Waals surface area contributed by atoms with Crippen LogP contribution in [0.5, 0.6) is 0 Å². The summed E-state index contributed by atoms with van der Waals surface area (Å²) in [6.45, 7) is 0.363. The van der Waals surface area contributed by atoms with Crippen molar-refractivity contribution < 1.29 is 8.42 Å². The highest BCUT2D eigenvalue weighted by Crippen LogP contribution is 2.18. The molecule has 0 aliphatic rings. The predicted octanol–water partition coefficient (Wildman–Crippen LogP) is 1.57. The maximum absolute atomic E-state index is 12.1. The summed E-state index contributed by atoms with van der Waals surface area (Å²) in [6.07, 6.45) is 0. The molecule has 0 aromatic heterocycles. The topological polar surface area (TPSA) is 61.2 Å². The standard InChI is InChI=1S/C10H11BrN2O2S/c1-13(7-6-11)16(14,15)10-5-3-2-4-9(10)8-12/h2-5H,6-7H2,1H3. The fourth-order valence-electron chi connectivity index (χ4n) is 1.19. The van der Waals surface area contributed by atoms with Crippen LogP contribution in [0.3, 0.4) is 0 Å². The van der Waals surface area contributed by atoms with Crippen molar-refractivity contribution in [1.29, 1.82) is 5.26 Å². The van der Waals surface area contributed by atoms with E-state index in [1.54, 1.807) is 12.1 Å². The van der Waals surface area contributed by atoms with Gasteiger partial charge in [-0.25, -0.2) is 12.7 Å². The number of hydrogen-bond donors (Lipinski definition) is 0. The highest BCUT2D eigenvalue weighted by molar-refractivity contribution is 9.09. The van der Waals surface area contributed by atoms with E-state index in [9.17, 15) is 8.42 Å². The van der Waals surface area contributed by atoms with Crippen LogP contribution < -0.4 is 0 Å². The molecule has 0 N–H and O–H groups in total. The third kappa shape index (κ3) is 2.61. The van der Waals surface area contributed by atoms with Gasteiger partial charge in [0.05, 0.1) is 10.5 Å². The van der Waals surface area contributed by atoms with Crippen LogP contribution in [0.4, 0.5) is 0 Å². The molecule has 1 aromatic carbocycles. The first-order chi connectivity index (χ1) is 7.54. The molecule has 86 valence electrons. The Labute approximate surface area is 104 Å². The lowest BCUT2D eigenvalue weighted by molar-refractivity contribution is 0.489. The maximum atomic E-state index is 12.1. The number of alkyl halides is 1. The highest BCUT2D eigenvalue weighted by Gasteiger charge is 2.22. The Balaban J connectivity index is 3.23. The molecule has 0 aliphatic carbocycles. The third-order valence-electron chi connectivity index (χ3n) is 2.10. The van der Waals surface area contributed by atoms with Crippen LogP contribution in [0.25, 0.3) is 0 Å². The number of halogens is 1. The van der Waals surface area contributed by atoms with Crippen LogP contribution in [0.15, 0.2) is 29.2 Å². The van der Waals surface area contributed by atoms with Crippen molar-refractivity contribution in [3.8, 4) is 6.07 Å². The molecule has 4 nitrogen and oxygen atoms in total. The summed E-state index contributed by atoms with van der Waals surface area (Å²) >= 11 is 3.18. The Morgan fingerprint density at radius 1 is 1.44 bits per heavy atom. The van der Waals surface area contributed by atoms with Crippen molar-refractivity contribution in [3.63, 3.8) is 0 Å². The Kier molecular flexibility index (Phi) is 4.47. The molecule has 0 amide bonds. The summed E-state index contributed by atoms with van der Waals surface area (Å²) in [6, 6.07) is 8.07.